The van der Waals surface area contributed by atoms with Crippen LogP contribution >= 0.6 is 0 Å². The monoisotopic (exact) mass is 411 g/mol. The van der Waals surface area contributed by atoms with E-state index in [1.165, 1.54) is 4.31 Å². The van der Waals surface area contributed by atoms with Crippen LogP contribution in [0.2, 0.25) is 0 Å². The Morgan fingerprint density at radius 2 is 1.66 bits per heavy atom. The maximum absolute atomic E-state index is 13.1. The van der Waals surface area contributed by atoms with Gasteiger partial charge >= 0.3 is 0 Å². The molecule has 3 aromatic rings. The van der Waals surface area contributed by atoms with E-state index < -0.39 is 10.0 Å². The number of carbonyl (C=O) groups is 1. The van der Waals surface area contributed by atoms with E-state index in [0.717, 1.165) is 5.39 Å². The van der Waals surface area contributed by atoms with Crippen LogP contribution in [0.4, 0.5) is 0 Å². The number of para-hydroxylation sites is 2. The topological polar surface area (TPSA) is 79.8 Å². The van der Waals surface area contributed by atoms with Gasteiger partial charge in [0, 0.05) is 37.8 Å². The van der Waals surface area contributed by atoms with Crippen molar-refractivity contribution in [1.82, 2.24) is 14.2 Å². The lowest BCUT2D eigenvalue weighted by Gasteiger charge is -2.34. The number of benzene rings is 2. The zero-order valence-electron chi connectivity index (χ0n) is 15.8. The molecule has 1 aromatic heterocycles. The SMILES string of the molecule is O=C(COc1ccccc1)N1CCN(S(=O)(=O)c2cccc3cccnc23)CC1. The minimum atomic E-state index is -3.69. The fourth-order valence-electron chi connectivity index (χ4n) is 3.35. The molecular weight excluding hydrogens is 390 g/mol. The van der Waals surface area contributed by atoms with E-state index in [9.17, 15) is 13.2 Å². The number of piperazine rings is 1. The van der Waals surface area contributed by atoms with E-state index in [4.69, 9.17) is 4.74 Å². The number of amides is 1. The maximum Gasteiger partial charge on any atom is 0.260 e. The lowest BCUT2D eigenvalue weighted by molar-refractivity contribution is -0.134. The Kier molecular flexibility index (Phi) is 5.46. The first kappa shape index (κ1) is 19.4. The maximum atomic E-state index is 13.1. The van der Waals surface area contributed by atoms with Crippen LogP contribution in [0.1, 0.15) is 0 Å². The molecular formula is C21H21N3O4S. The van der Waals surface area contributed by atoms with Gasteiger partial charge in [0.05, 0.1) is 5.52 Å². The zero-order valence-corrected chi connectivity index (χ0v) is 16.6. The highest BCUT2D eigenvalue weighted by atomic mass is 32.2. The van der Waals surface area contributed by atoms with Gasteiger partial charge in [-0.3, -0.25) is 9.78 Å². The minimum absolute atomic E-state index is 0.0655. The van der Waals surface area contributed by atoms with Crippen LogP contribution in [-0.4, -0.2) is 61.3 Å². The van der Waals surface area contributed by atoms with Crippen molar-refractivity contribution in [3.63, 3.8) is 0 Å². The Morgan fingerprint density at radius 1 is 0.931 bits per heavy atom. The first-order valence-corrected chi connectivity index (χ1v) is 10.8. The van der Waals surface area contributed by atoms with E-state index in [1.54, 1.807) is 41.4 Å². The second kappa shape index (κ2) is 8.18. The van der Waals surface area contributed by atoms with Gasteiger partial charge < -0.3 is 9.64 Å². The molecule has 1 amide bonds. The molecule has 1 saturated heterocycles. The van der Waals surface area contributed by atoms with Crippen molar-refractivity contribution in [1.29, 1.82) is 0 Å². The number of ether oxygens (including phenoxy) is 1. The molecule has 29 heavy (non-hydrogen) atoms. The van der Waals surface area contributed by atoms with Crippen LogP contribution in [0.5, 0.6) is 5.75 Å². The van der Waals surface area contributed by atoms with Crippen LogP contribution in [0.25, 0.3) is 10.9 Å². The minimum Gasteiger partial charge on any atom is -0.484 e. The molecule has 0 spiro atoms. The molecule has 0 bridgehead atoms. The Morgan fingerprint density at radius 3 is 2.41 bits per heavy atom. The van der Waals surface area contributed by atoms with Gasteiger partial charge in [0.25, 0.3) is 5.91 Å². The van der Waals surface area contributed by atoms with Crippen LogP contribution in [-0.2, 0) is 14.8 Å². The molecule has 7 nitrogen and oxygen atoms in total. The van der Waals surface area contributed by atoms with Gasteiger partial charge in [-0.2, -0.15) is 4.31 Å². The van der Waals surface area contributed by atoms with Crippen molar-refractivity contribution >= 4 is 26.8 Å². The summed E-state index contributed by atoms with van der Waals surface area (Å²) in [6.45, 7) is 1.07. The lowest BCUT2D eigenvalue weighted by atomic mass is 10.2. The van der Waals surface area contributed by atoms with Gasteiger partial charge in [-0.1, -0.05) is 36.4 Å². The van der Waals surface area contributed by atoms with Gasteiger partial charge in [0.2, 0.25) is 10.0 Å². The van der Waals surface area contributed by atoms with Crippen molar-refractivity contribution in [2.75, 3.05) is 32.8 Å². The zero-order chi connectivity index (χ0) is 20.3. The van der Waals surface area contributed by atoms with E-state index in [-0.39, 0.29) is 30.5 Å². The Hall–Kier alpha value is -2.97. The summed E-state index contributed by atoms with van der Waals surface area (Å²) in [6, 6.07) is 17.9. The number of nitrogens with zero attached hydrogens (tertiary/aromatic N) is 3. The molecule has 0 saturated carbocycles. The summed E-state index contributed by atoms with van der Waals surface area (Å²) in [7, 11) is -3.69. The van der Waals surface area contributed by atoms with Crippen LogP contribution < -0.4 is 4.74 Å². The quantitative estimate of drug-likeness (QED) is 0.643. The van der Waals surface area contributed by atoms with Crippen LogP contribution in [0.3, 0.4) is 0 Å². The third-order valence-corrected chi connectivity index (χ3v) is 6.84. The number of carbonyl (C=O) groups excluding carboxylic acids is 1. The smallest absolute Gasteiger partial charge is 0.260 e. The van der Waals surface area contributed by atoms with Crippen LogP contribution in [0, 0.1) is 0 Å². The molecule has 0 atom stereocenters. The fourth-order valence-corrected chi connectivity index (χ4v) is 4.94. The molecule has 0 N–H and O–H groups in total. The van der Waals surface area contributed by atoms with E-state index in [0.29, 0.717) is 24.4 Å². The van der Waals surface area contributed by atoms with Gasteiger partial charge in [-0.15, -0.1) is 0 Å². The molecule has 4 rings (SSSR count). The standard InChI is InChI=1S/C21H21N3O4S/c25-20(16-28-18-8-2-1-3-9-18)23-12-14-24(15-13-23)29(26,27)19-10-4-6-17-7-5-11-22-21(17)19/h1-11H,12-16H2. The number of aromatic nitrogens is 1. The summed E-state index contributed by atoms with van der Waals surface area (Å²) in [4.78, 5) is 18.5. The van der Waals surface area contributed by atoms with E-state index >= 15 is 0 Å². The van der Waals surface area contributed by atoms with Gasteiger partial charge in [-0.25, -0.2) is 8.42 Å². The van der Waals surface area contributed by atoms with Crippen LogP contribution in [0.15, 0.2) is 71.8 Å². The highest BCUT2D eigenvalue weighted by Crippen LogP contribution is 2.24. The van der Waals surface area contributed by atoms with Crippen molar-refractivity contribution in [2.24, 2.45) is 0 Å². The summed E-state index contributed by atoms with van der Waals surface area (Å²) < 4.78 is 33.2. The molecule has 1 aliphatic rings. The van der Waals surface area contributed by atoms with E-state index in [2.05, 4.69) is 4.98 Å². The molecule has 1 fully saturated rings. The van der Waals surface area contributed by atoms with Gasteiger partial charge in [-0.05, 0) is 24.3 Å². The lowest BCUT2D eigenvalue weighted by Crippen LogP contribution is -2.51. The summed E-state index contributed by atoms with van der Waals surface area (Å²) in [5.41, 5.74) is 0.463. The van der Waals surface area contributed by atoms with Crippen molar-refractivity contribution in [3.05, 3.63) is 66.9 Å². The van der Waals surface area contributed by atoms with Gasteiger partial charge in [0.1, 0.15) is 10.6 Å². The third kappa shape index (κ3) is 4.08. The average molecular weight is 411 g/mol. The summed E-state index contributed by atoms with van der Waals surface area (Å²) in [5, 5.41) is 0.778. The third-order valence-electron chi connectivity index (χ3n) is 4.91. The number of rotatable bonds is 5. The number of pyridine rings is 1. The number of fused-ring (bicyclic) bond motifs is 1. The van der Waals surface area contributed by atoms with Crippen molar-refractivity contribution < 1.29 is 17.9 Å². The average Bonchev–Trinajstić information content (AvgIpc) is 2.78. The highest BCUT2D eigenvalue weighted by molar-refractivity contribution is 7.89. The molecule has 2 aromatic carbocycles. The van der Waals surface area contributed by atoms with Crippen molar-refractivity contribution in [3.8, 4) is 5.75 Å². The molecule has 2 heterocycles. The second-order valence-electron chi connectivity index (χ2n) is 6.72. The number of sulfonamides is 1. The first-order valence-electron chi connectivity index (χ1n) is 9.35. The summed E-state index contributed by atoms with van der Waals surface area (Å²) in [5.74, 6) is 0.475. The molecule has 8 heteroatoms. The first-order chi connectivity index (χ1) is 14.1. The molecule has 0 unspecified atom stereocenters. The molecule has 0 aliphatic carbocycles. The van der Waals surface area contributed by atoms with Crippen molar-refractivity contribution in [2.45, 2.75) is 4.90 Å². The number of hydrogen-bond acceptors (Lipinski definition) is 5. The largest absolute Gasteiger partial charge is 0.484 e. The Labute approximate surface area is 169 Å². The Balaban J connectivity index is 1.41. The number of hydrogen-bond donors (Lipinski definition) is 0. The normalized spacial score (nSPS) is 15.4. The predicted octanol–water partition coefficient (Wildman–Crippen LogP) is 2.15. The Bertz CT molecular complexity index is 1110. The predicted molar refractivity (Wildman–Crippen MR) is 109 cm³/mol. The molecule has 150 valence electrons. The van der Waals surface area contributed by atoms with E-state index in [1.807, 2.05) is 30.3 Å². The molecule has 1 aliphatic heterocycles. The van der Waals surface area contributed by atoms with Gasteiger partial charge in [0.15, 0.2) is 6.61 Å². The summed E-state index contributed by atoms with van der Waals surface area (Å²) in [6.07, 6.45) is 1.59. The summed E-state index contributed by atoms with van der Waals surface area (Å²) >= 11 is 0. The highest BCUT2D eigenvalue weighted by Gasteiger charge is 2.31. The molecule has 0 radical (unpaired) electrons. The fraction of sp³-hybridized carbons (Fsp3) is 0.238. The second-order valence-corrected chi connectivity index (χ2v) is 8.62.